The standard InChI is InChI=1S/C15H19ClN2OS.ClH/c16-12-3-1-2-4-14(12)20-9-15(19)18-7-10-5-6-13(17)11(10)8-18;/h1-4,10-11,13H,5-9,17H2;1H. The average molecular weight is 347 g/mol. The fourth-order valence-electron chi connectivity index (χ4n) is 3.30. The van der Waals surface area contributed by atoms with E-state index in [9.17, 15) is 4.79 Å². The molecule has 1 aliphatic carbocycles. The van der Waals surface area contributed by atoms with Gasteiger partial charge in [0, 0.05) is 24.0 Å². The predicted molar refractivity (Wildman–Crippen MR) is 90.2 cm³/mol. The first kappa shape index (κ1) is 16.9. The van der Waals surface area contributed by atoms with Gasteiger partial charge < -0.3 is 10.6 Å². The Bertz CT molecular complexity index is 514. The van der Waals surface area contributed by atoms with Crippen LogP contribution in [0.5, 0.6) is 0 Å². The Labute approximate surface area is 141 Å². The molecule has 2 fully saturated rings. The first-order chi connectivity index (χ1) is 9.65. The molecule has 3 rings (SSSR count). The molecule has 1 saturated heterocycles. The van der Waals surface area contributed by atoms with Crippen molar-refractivity contribution in [3.8, 4) is 0 Å². The van der Waals surface area contributed by atoms with Crippen molar-refractivity contribution in [1.29, 1.82) is 0 Å². The number of thioether (sulfide) groups is 1. The van der Waals surface area contributed by atoms with Gasteiger partial charge in [-0.1, -0.05) is 23.7 Å². The molecule has 116 valence electrons. The fraction of sp³-hybridized carbons (Fsp3) is 0.533. The lowest BCUT2D eigenvalue weighted by atomic mass is 9.98. The molecule has 1 amide bonds. The minimum atomic E-state index is 0. The summed E-state index contributed by atoms with van der Waals surface area (Å²) in [5.41, 5.74) is 6.11. The van der Waals surface area contributed by atoms with E-state index in [0.717, 1.165) is 24.4 Å². The van der Waals surface area contributed by atoms with Crippen molar-refractivity contribution in [2.45, 2.75) is 23.8 Å². The molecule has 1 saturated carbocycles. The van der Waals surface area contributed by atoms with E-state index in [2.05, 4.69) is 0 Å². The van der Waals surface area contributed by atoms with Crippen LogP contribution in [0, 0.1) is 11.8 Å². The Morgan fingerprint density at radius 1 is 1.33 bits per heavy atom. The number of nitrogens with zero attached hydrogens (tertiary/aromatic N) is 1. The van der Waals surface area contributed by atoms with Crippen molar-refractivity contribution in [1.82, 2.24) is 4.90 Å². The van der Waals surface area contributed by atoms with Gasteiger partial charge in [-0.25, -0.2) is 0 Å². The van der Waals surface area contributed by atoms with Gasteiger partial charge in [0.05, 0.1) is 10.8 Å². The zero-order valence-electron chi connectivity index (χ0n) is 11.7. The highest BCUT2D eigenvalue weighted by atomic mass is 35.5. The molecule has 1 aromatic rings. The summed E-state index contributed by atoms with van der Waals surface area (Å²) in [6, 6.07) is 7.94. The van der Waals surface area contributed by atoms with Gasteiger partial charge in [-0.15, -0.1) is 24.2 Å². The maximum absolute atomic E-state index is 12.3. The third-order valence-electron chi connectivity index (χ3n) is 4.45. The summed E-state index contributed by atoms with van der Waals surface area (Å²) in [5.74, 6) is 1.80. The van der Waals surface area contributed by atoms with Gasteiger partial charge in [0.25, 0.3) is 0 Å². The number of nitrogens with two attached hydrogens (primary N) is 1. The maximum atomic E-state index is 12.3. The number of likely N-dealkylation sites (tertiary alicyclic amines) is 1. The summed E-state index contributed by atoms with van der Waals surface area (Å²) in [5, 5.41) is 0.714. The molecule has 2 aliphatic rings. The normalized spacial score (nSPS) is 27.3. The lowest BCUT2D eigenvalue weighted by molar-refractivity contribution is -0.127. The zero-order chi connectivity index (χ0) is 14.1. The molecular weight excluding hydrogens is 327 g/mol. The van der Waals surface area contributed by atoms with Crippen LogP contribution in [-0.2, 0) is 4.79 Å². The van der Waals surface area contributed by atoms with E-state index in [1.807, 2.05) is 29.2 Å². The van der Waals surface area contributed by atoms with Crippen LogP contribution in [0.2, 0.25) is 5.02 Å². The number of fused-ring (bicyclic) bond motifs is 1. The lowest BCUT2D eigenvalue weighted by Gasteiger charge is -2.18. The van der Waals surface area contributed by atoms with Crippen LogP contribution in [0.4, 0.5) is 0 Å². The second-order valence-corrected chi connectivity index (χ2v) is 7.11. The summed E-state index contributed by atoms with van der Waals surface area (Å²) in [4.78, 5) is 15.2. The molecule has 21 heavy (non-hydrogen) atoms. The van der Waals surface area contributed by atoms with Crippen molar-refractivity contribution >= 4 is 41.7 Å². The highest BCUT2D eigenvalue weighted by Crippen LogP contribution is 2.37. The lowest BCUT2D eigenvalue weighted by Crippen LogP contribution is -2.34. The van der Waals surface area contributed by atoms with E-state index in [1.54, 1.807) is 0 Å². The van der Waals surface area contributed by atoms with Gasteiger partial charge in [0.1, 0.15) is 0 Å². The molecule has 1 aliphatic heterocycles. The predicted octanol–water partition coefficient (Wildman–Crippen LogP) is 3.05. The minimum absolute atomic E-state index is 0. The van der Waals surface area contributed by atoms with Gasteiger partial charge in [-0.05, 0) is 36.8 Å². The molecule has 0 radical (unpaired) electrons. The summed E-state index contributed by atoms with van der Waals surface area (Å²) in [7, 11) is 0. The van der Waals surface area contributed by atoms with Crippen LogP contribution in [-0.4, -0.2) is 35.7 Å². The quantitative estimate of drug-likeness (QED) is 0.855. The number of carbonyl (C=O) groups is 1. The van der Waals surface area contributed by atoms with Crippen molar-refractivity contribution in [3.63, 3.8) is 0 Å². The molecule has 3 nitrogen and oxygen atoms in total. The van der Waals surface area contributed by atoms with E-state index in [1.165, 1.54) is 18.2 Å². The molecule has 0 bridgehead atoms. The monoisotopic (exact) mass is 346 g/mol. The summed E-state index contributed by atoms with van der Waals surface area (Å²) in [6.07, 6.45) is 2.29. The Kier molecular flexibility index (Phi) is 5.83. The highest BCUT2D eigenvalue weighted by molar-refractivity contribution is 8.00. The second kappa shape index (κ2) is 7.23. The molecule has 0 spiro atoms. The summed E-state index contributed by atoms with van der Waals surface area (Å²) >= 11 is 7.62. The molecule has 3 atom stereocenters. The Morgan fingerprint density at radius 2 is 2.10 bits per heavy atom. The minimum Gasteiger partial charge on any atom is -0.341 e. The number of benzene rings is 1. The largest absolute Gasteiger partial charge is 0.341 e. The summed E-state index contributed by atoms with van der Waals surface area (Å²) < 4.78 is 0. The third kappa shape index (κ3) is 3.67. The maximum Gasteiger partial charge on any atom is 0.232 e. The van der Waals surface area contributed by atoms with Crippen LogP contribution in [0.1, 0.15) is 12.8 Å². The van der Waals surface area contributed by atoms with Crippen molar-refractivity contribution in [2.24, 2.45) is 17.6 Å². The molecular formula is C15H20Cl2N2OS. The number of rotatable bonds is 3. The van der Waals surface area contributed by atoms with E-state index < -0.39 is 0 Å². The van der Waals surface area contributed by atoms with Crippen LogP contribution in [0.25, 0.3) is 0 Å². The van der Waals surface area contributed by atoms with E-state index in [-0.39, 0.29) is 24.4 Å². The number of hydrogen-bond acceptors (Lipinski definition) is 3. The average Bonchev–Trinajstić information content (AvgIpc) is 3.00. The smallest absolute Gasteiger partial charge is 0.232 e. The number of carbonyl (C=O) groups excluding carboxylic acids is 1. The van der Waals surface area contributed by atoms with Crippen LogP contribution in [0.15, 0.2) is 29.2 Å². The zero-order valence-corrected chi connectivity index (χ0v) is 14.1. The third-order valence-corrected chi connectivity index (χ3v) is 5.95. The van der Waals surface area contributed by atoms with Crippen molar-refractivity contribution in [3.05, 3.63) is 29.3 Å². The highest BCUT2D eigenvalue weighted by Gasteiger charge is 2.42. The fourth-order valence-corrected chi connectivity index (χ4v) is 4.45. The van der Waals surface area contributed by atoms with Gasteiger partial charge in [0.2, 0.25) is 5.91 Å². The summed E-state index contributed by atoms with van der Waals surface area (Å²) in [6.45, 7) is 1.73. The molecule has 3 unspecified atom stereocenters. The SMILES string of the molecule is Cl.NC1CCC2CN(C(=O)CSc3ccccc3Cl)CC12. The van der Waals surface area contributed by atoms with Crippen molar-refractivity contribution in [2.75, 3.05) is 18.8 Å². The first-order valence-corrected chi connectivity index (χ1v) is 8.42. The molecule has 0 aromatic heterocycles. The number of hydrogen-bond donors (Lipinski definition) is 1. The van der Waals surface area contributed by atoms with Gasteiger partial charge in [-0.3, -0.25) is 4.79 Å². The number of halogens is 2. The van der Waals surface area contributed by atoms with E-state index >= 15 is 0 Å². The van der Waals surface area contributed by atoms with Gasteiger partial charge in [-0.2, -0.15) is 0 Å². The first-order valence-electron chi connectivity index (χ1n) is 7.06. The Hall–Kier alpha value is -0.420. The van der Waals surface area contributed by atoms with E-state index in [0.29, 0.717) is 22.6 Å². The molecule has 2 N–H and O–H groups in total. The number of amides is 1. The molecule has 1 heterocycles. The van der Waals surface area contributed by atoms with Crippen LogP contribution in [0.3, 0.4) is 0 Å². The second-order valence-electron chi connectivity index (χ2n) is 5.68. The Morgan fingerprint density at radius 3 is 2.81 bits per heavy atom. The Balaban J connectivity index is 0.00000161. The molecule has 1 aromatic carbocycles. The topological polar surface area (TPSA) is 46.3 Å². The van der Waals surface area contributed by atoms with Gasteiger partial charge in [0.15, 0.2) is 0 Å². The molecule has 6 heteroatoms. The van der Waals surface area contributed by atoms with Crippen LogP contribution < -0.4 is 5.73 Å². The van der Waals surface area contributed by atoms with E-state index in [4.69, 9.17) is 17.3 Å². The van der Waals surface area contributed by atoms with Gasteiger partial charge >= 0.3 is 0 Å². The van der Waals surface area contributed by atoms with Crippen LogP contribution >= 0.6 is 35.8 Å². The van der Waals surface area contributed by atoms with Crippen molar-refractivity contribution < 1.29 is 4.79 Å².